The number of nitrogens with one attached hydrogen (secondary N) is 2. The molecular formula is C25H25N3O4. The Bertz CT molecular complexity index is 1140. The van der Waals surface area contributed by atoms with Crippen LogP contribution in [0.2, 0.25) is 0 Å². The van der Waals surface area contributed by atoms with Crippen molar-refractivity contribution in [1.29, 1.82) is 0 Å². The van der Waals surface area contributed by atoms with Crippen LogP contribution in [0.25, 0.3) is 0 Å². The third-order valence-electron chi connectivity index (χ3n) is 5.39. The molecule has 0 radical (unpaired) electrons. The summed E-state index contributed by atoms with van der Waals surface area (Å²) in [4.78, 5) is 27.3. The van der Waals surface area contributed by atoms with Crippen LogP contribution >= 0.6 is 0 Å². The first-order valence-corrected chi connectivity index (χ1v) is 10.3. The van der Waals surface area contributed by atoms with E-state index in [9.17, 15) is 9.59 Å². The van der Waals surface area contributed by atoms with Crippen LogP contribution in [-0.2, 0) is 6.42 Å². The van der Waals surface area contributed by atoms with Gasteiger partial charge in [0, 0.05) is 47.4 Å². The zero-order valence-electron chi connectivity index (χ0n) is 18.3. The standard InChI is InChI=1S/C25H25N3O4/c1-16-4-6-18(7-5-16)24(29)28-11-10-17-8-9-19(14-23(17)28)26-25(30)27-20-12-21(31-2)15-22(13-20)32-3/h4-9,12-15H,10-11H2,1-3H3,(H2,26,27,30). The first-order valence-electron chi connectivity index (χ1n) is 10.3. The van der Waals surface area contributed by atoms with Crippen LogP contribution in [0.15, 0.2) is 60.7 Å². The predicted octanol–water partition coefficient (Wildman–Crippen LogP) is 4.86. The van der Waals surface area contributed by atoms with Crippen LogP contribution in [0.5, 0.6) is 11.5 Å². The molecule has 4 rings (SSSR count). The molecule has 164 valence electrons. The molecule has 7 nitrogen and oxygen atoms in total. The van der Waals surface area contributed by atoms with Crippen LogP contribution in [-0.4, -0.2) is 32.7 Å². The summed E-state index contributed by atoms with van der Waals surface area (Å²) in [7, 11) is 3.10. The Hall–Kier alpha value is -4.00. The van der Waals surface area contributed by atoms with E-state index in [-0.39, 0.29) is 5.91 Å². The Balaban J connectivity index is 1.49. The predicted molar refractivity (Wildman–Crippen MR) is 125 cm³/mol. The number of fused-ring (bicyclic) bond motifs is 1. The number of carbonyl (C=O) groups is 2. The van der Waals surface area contributed by atoms with Crippen LogP contribution in [0.3, 0.4) is 0 Å². The fourth-order valence-corrected chi connectivity index (χ4v) is 3.69. The van der Waals surface area contributed by atoms with Crippen LogP contribution in [0.4, 0.5) is 21.9 Å². The van der Waals surface area contributed by atoms with Crippen molar-refractivity contribution in [2.24, 2.45) is 0 Å². The molecule has 0 atom stereocenters. The molecule has 0 saturated carbocycles. The Morgan fingerprint density at radius 1 is 0.844 bits per heavy atom. The van der Waals surface area contributed by atoms with E-state index in [0.717, 1.165) is 23.2 Å². The second kappa shape index (κ2) is 9.01. The van der Waals surface area contributed by atoms with Crippen molar-refractivity contribution in [3.8, 4) is 11.5 Å². The second-order valence-corrected chi connectivity index (χ2v) is 7.60. The maximum absolute atomic E-state index is 13.0. The van der Waals surface area contributed by atoms with E-state index < -0.39 is 6.03 Å². The highest BCUT2D eigenvalue weighted by molar-refractivity contribution is 6.08. The summed E-state index contributed by atoms with van der Waals surface area (Å²) in [6, 6.07) is 17.9. The molecule has 0 unspecified atom stereocenters. The van der Waals surface area contributed by atoms with Gasteiger partial charge in [-0.25, -0.2) is 4.79 Å². The number of rotatable bonds is 5. The number of urea groups is 1. The number of benzene rings is 3. The molecule has 0 aromatic heterocycles. The van der Waals surface area contributed by atoms with Gasteiger partial charge in [-0.05, 0) is 43.2 Å². The van der Waals surface area contributed by atoms with E-state index in [2.05, 4.69) is 10.6 Å². The lowest BCUT2D eigenvalue weighted by Crippen LogP contribution is -2.29. The molecule has 3 amide bonds. The van der Waals surface area contributed by atoms with Gasteiger partial charge >= 0.3 is 6.03 Å². The smallest absolute Gasteiger partial charge is 0.323 e. The molecule has 3 aromatic rings. The molecule has 1 aliphatic rings. The van der Waals surface area contributed by atoms with Crippen molar-refractivity contribution in [1.82, 2.24) is 0 Å². The molecule has 2 N–H and O–H groups in total. The summed E-state index contributed by atoms with van der Waals surface area (Å²) in [6.45, 7) is 2.60. The van der Waals surface area contributed by atoms with Crippen molar-refractivity contribution in [2.45, 2.75) is 13.3 Å². The summed E-state index contributed by atoms with van der Waals surface area (Å²) < 4.78 is 10.5. The van der Waals surface area contributed by atoms with E-state index in [1.807, 2.05) is 49.4 Å². The minimum atomic E-state index is -0.408. The number of hydrogen-bond acceptors (Lipinski definition) is 4. The Kier molecular flexibility index (Phi) is 5.98. The number of methoxy groups -OCH3 is 2. The fourth-order valence-electron chi connectivity index (χ4n) is 3.69. The number of nitrogens with zero attached hydrogens (tertiary/aromatic N) is 1. The summed E-state index contributed by atoms with van der Waals surface area (Å²) in [5.74, 6) is 1.10. The van der Waals surface area contributed by atoms with Crippen LogP contribution in [0, 0.1) is 6.92 Å². The van der Waals surface area contributed by atoms with Crippen molar-refractivity contribution >= 4 is 29.0 Å². The Morgan fingerprint density at radius 3 is 2.16 bits per heavy atom. The van der Waals surface area contributed by atoms with Gasteiger partial charge in [0.15, 0.2) is 0 Å². The lowest BCUT2D eigenvalue weighted by molar-refractivity contribution is 0.0989. The van der Waals surface area contributed by atoms with Gasteiger partial charge in [-0.2, -0.15) is 0 Å². The average Bonchev–Trinajstić information content (AvgIpc) is 3.22. The topological polar surface area (TPSA) is 79.9 Å². The molecule has 1 heterocycles. The van der Waals surface area contributed by atoms with E-state index in [1.165, 1.54) is 0 Å². The maximum atomic E-state index is 13.0. The van der Waals surface area contributed by atoms with Crippen molar-refractivity contribution < 1.29 is 19.1 Å². The highest BCUT2D eigenvalue weighted by atomic mass is 16.5. The molecule has 7 heteroatoms. The first kappa shape index (κ1) is 21.2. The van der Waals surface area contributed by atoms with Gasteiger partial charge in [-0.1, -0.05) is 23.8 Å². The fraction of sp³-hybridized carbons (Fsp3) is 0.200. The molecule has 1 aliphatic heterocycles. The van der Waals surface area contributed by atoms with Gasteiger partial charge in [-0.15, -0.1) is 0 Å². The average molecular weight is 431 g/mol. The zero-order chi connectivity index (χ0) is 22.7. The van der Waals surface area contributed by atoms with Gasteiger partial charge in [0.25, 0.3) is 5.91 Å². The molecular weight excluding hydrogens is 406 g/mol. The lowest BCUT2D eigenvalue weighted by Gasteiger charge is -2.18. The molecule has 0 fully saturated rings. The van der Waals surface area contributed by atoms with Gasteiger partial charge in [0.1, 0.15) is 11.5 Å². The molecule has 32 heavy (non-hydrogen) atoms. The summed E-state index contributed by atoms with van der Waals surface area (Å²) in [5.41, 5.74) is 4.78. The van der Waals surface area contributed by atoms with Crippen LogP contribution in [0.1, 0.15) is 21.5 Å². The van der Waals surface area contributed by atoms with Crippen molar-refractivity contribution in [3.05, 3.63) is 77.4 Å². The Morgan fingerprint density at radius 2 is 1.50 bits per heavy atom. The van der Waals surface area contributed by atoms with Gasteiger partial charge in [0.05, 0.1) is 14.2 Å². The second-order valence-electron chi connectivity index (χ2n) is 7.60. The normalized spacial score (nSPS) is 12.2. The van der Waals surface area contributed by atoms with Gasteiger partial charge in [-0.3, -0.25) is 4.79 Å². The molecule has 0 aliphatic carbocycles. The quantitative estimate of drug-likeness (QED) is 0.605. The minimum absolute atomic E-state index is 0.0474. The van der Waals surface area contributed by atoms with Gasteiger partial charge in [0.2, 0.25) is 0 Å². The third-order valence-corrected chi connectivity index (χ3v) is 5.39. The van der Waals surface area contributed by atoms with Crippen molar-refractivity contribution in [3.63, 3.8) is 0 Å². The molecule has 0 saturated heterocycles. The summed E-state index contributed by atoms with van der Waals surface area (Å²) >= 11 is 0. The third kappa shape index (κ3) is 4.51. The highest BCUT2D eigenvalue weighted by Crippen LogP contribution is 2.32. The largest absolute Gasteiger partial charge is 0.497 e. The SMILES string of the molecule is COc1cc(NC(=O)Nc2ccc3c(c2)N(C(=O)c2ccc(C)cc2)CC3)cc(OC)c1. The number of carbonyl (C=O) groups excluding carboxylic acids is 2. The van der Waals surface area contributed by atoms with Gasteiger partial charge < -0.3 is 25.0 Å². The number of aryl methyl sites for hydroxylation is 1. The maximum Gasteiger partial charge on any atom is 0.323 e. The summed E-state index contributed by atoms with van der Waals surface area (Å²) in [5, 5.41) is 5.61. The Labute approximate surface area is 187 Å². The number of hydrogen-bond donors (Lipinski definition) is 2. The molecule has 0 spiro atoms. The zero-order valence-corrected chi connectivity index (χ0v) is 18.3. The highest BCUT2D eigenvalue weighted by Gasteiger charge is 2.26. The lowest BCUT2D eigenvalue weighted by atomic mass is 10.1. The van der Waals surface area contributed by atoms with E-state index >= 15 is 0 Å². The number of amides is 3. The minimum Gasteiger partial charge on any atom is -0.497 e. The molecule has 3 aromatic carbocycles. The van der Waals surface area contributed by atoms with Crippen molar-refractivity contribution in [2.75, 3.05) is 36.3 Å². The van der Waals surface area contributed by atoms with E-state index in [0.29, 0.717) is 35.0 Å². The number of anilines is 3. The first-order chi connectivity index (χ1) is 15.5. The van der Waals surface area contributed by atoms with Crippen LogP contribution < -0.4 is 25.0 Å². The molecule has 0 bridgehead atoms. The number of ether oxygens (including phenoxy) is 2. The summed E-state index contributed by atoms with van der Waals surface area (Å²) in [6.07, 6.45) is 0.781. The van der Waals surface area contributed by atoms with E-state index in [1.54, 1.807) is 37.3 Å². The monoisotopic (exact) mass is 431 g/mol. The van der Waals surface area contributed by atoms with E-state index in [4.69, 9.17) is 9.47 Å².